The van der Waals surface area contributed by atoms with Crippen LogP contribution in [0.15, 0.2) is 22.7 Å². The first-order chi connectivity index (χ1) is 9.29. The van der Waals surface area contributed by atoms with Crippen LogP contribution in [0.1, 0.15) is 24.7 Å². The fourth-order valence-electron chi connectivity index (χ4n) is 2.73. The third kappa shape index (κ3) is 2.81. The summed E-state index contributed by atoms with van der Waals surface area (Å²) in [5.74, 6) is 4.27. The number of imidazole rings is 1. The fourth-order valence-corrected chi connectivity index (χ4v) is 4.33. The molecule has 0 spiro atoms. The van der Waals surface area contributed by atoms with Gasteiger partial charge in [-0.2, -0.15) is 11.8 Å². The van der Waals surface area contributed by atoms with Crippen molar-refractivity contribution in [1.82, 2.24) is 9.55 Å². The quantitative estimate of drug-likeness (QED) is 0.742. The molecule has 0 bridgehead atoms. The minimum Gasteiger partial charge on any atom is -0.325 e. The molecular weight excluding hydrogens is 344 g/mol. The average molecular weight is 360 g/mol. The number of nitrogens with zero attached hydrogens (tertiary/aromatic N) is 2. The zero-order chi connectivity index (χ0) is 13.2. The van der Waals surface area contributed by atoms with Gasteiger partial charge in [-0.25, -0.2) is 4.98 Å². The number of halogens is 2. The van der Waals surface area contributed by atoms with Crippen LogP contribution in [0.2, 0.25) is 0 Å². The first-order valence-corrected chi connectivity index (χ1v) is 9.08. The Morgan fingerprint density at radius 1 is 1.37 bits per heavy atom. The van der Waals surface area contributed by atoms with Crippen molar-refractivity contribution in [3.63, 3.8) is 0 Å². The fraction of sp³-hybridized carbons (Fsp3) is 0.500. The van der Waals surface area contributed by atoms with Crippen LogP contribution >= 0.6 is 39.3 Å². The Morgan fingerprint density at radius 3 is 2.89 bits per heavy atom. The monoisotopic (exact) mass is 358 g/mol. The number of aryl methyl sites for hydroxylation is 1. The van der Waals surface area contributed by atoms with Crippen molar-refractivity contribution in [2.75, 3.05) is 17.4 Å². The summed E-state index contributed by atoms with van der Waals surface area (Å²) in [7, 11) is 0. The molecule has 5 heteroatoms. The molecule has 2 aromatic rings. The number of benzene rings is 1. The van der Waals surface area contributed by atoms with Crippen molar-refractivity contribution >= 4 is 50.3 Å². The summed E-state index contributed by atoms with van der Waals surface area (Å²) < 4.78 is 3.52. The summed E-state index contributed by atoms with van der Waals surface area (Å²) in [6.45, 7) is 0. The molecule has 1 saturated heterocycles. The highest BCUT2D eigenvalue weighted by atomic mass is 79.9. The lowest BCUT2D eigenvalue weighted by Gasteiger charge is -2.25. The molecule has 1 fully saturated rings. The van der Waals surface area contributed by atoms with Crippen molar-refractivity contribution in [1.29, 1.82) is 0 Å². The van der Waals surface area contributed by atoms with Crippen LogP contribution in [0.5, 0.6) is 0 Å². The van der Waals surface area contributed by atoms with E-state index < -0.39 is 0 Å². The van der Waals surface area contributed by atoms with Gasteiger partial charge in [-0.1, -0.05) is 15.9 Å². The van der Waals surface area contributed by atoms with Gasteiger partial charge in [0.1, 0.15) is 5.82 Å². The number of fused-ring (bicyclic) bond motifs is 1. The van der Waals surface area contributed by atoms with Gasteiger partial charge < -0.3 is 4.57 Å². The van der Waals surface area contributed by atoms with Gasteiger partial charge in [-0.15, -0.1) is 11.6 Å². The van der Waals surface area contributed by atoms with Crippen molar-refractivity contribution in [2.45, 2.75) is 25.3 Å². The summed E-state index contributed by atoms with van der Waals surface area (Å²) in [6, 6.07) is 6.96. The maximum Gasteiger partial charge on any atom is 0.111 e. The molecule has 0 unspecified atom stereocenters. The Kier molecular flexibility index (Phi) is 4.40. The van der Waals surface area contributed by atoms with Gasteiger partial charge in [0.05, 0.1) is 11.0 Å². The third-order valence-electron chi connectivity index (χ3n) is 3.60. The lowest BCUT2D eigenvalue weighted by Crippen LogP contribution is -2.17. The Hall–Kier alpha value is -0.190. The lowest BCUT2D eigenvalue weighted by atomic mass is 10.1. The van der Waals surface area contributed by atoms with E-state index in [1.54, 1.807) is 0 Å². The van der Waals surface area contributed by atoms with Crippen LogP contribution in [0.25, 0.3) is 11.0 Å². The summed E-state index contributed by atoms with van der Waals surface area (Å²) >= 11 is 11.5. The Balaban J connectivity index is 2.09. The molecule has 0 aliphatic carbocycles. The largest absolute Gasteiger partial charge is 0.325 e. The van der Waals surface area contributed by atoms with Crippen molar-refractivity contribution in [3.05, 3.63) is 28.5 Å². The second-order valence-electron chi connectivity index (χ2n) is 4.81. The molecule has 102 valence electrons. The maximum atomic E-state index is 5.94. The standard InChI is InChI=1S/C14H16BrClN2S/c15-10-1-2-13-12(9-10)17-14(3-6-16)18(13)11-4-7-19-8-5-11/h1-2,9,11H,3-8H2. The molecule has 0 N–H and O–H groups in total. The van der Waals surface area contributed by atoms with E-state index in [0.717, 1.165) is 22.2 Å². The molecule has 1 aliphatic heterocycles. The Morgan fingerprint density at radius 2 is 2.16 bits per heavy atom. The molecule has 3 rings (SSSR count). The molecule has 0 saturated carbocycles. The minimum atomic E-state index is 0.589. The number of thioether (sulfide) groups is 1. The highest BCUT2D eigenvalue weighted by Crippen LogP contribution is 2.32. The smallest absolute Gasteiger partial charge is 0.111 e. The second kappa shape index (κ2) is 6.06. The van der Waals surface area contributed by atoms with E-state index in [2.05, 4.69) is 50.5 Å². The van der Waals surface area contributed by atoms with Gasteiger partial charge in [-0.3, -0.25) is 0 Å². The van der Waals surface area contributed by atoms with Crippen LogP contribution in [-0.4, -0.2) is 26.9 Å². The molecule has 2 heterocycles. The lowest BCUT2D eigenvalue weighted by molar-refractivity contribution is 0.466. The molecule has 1 aromatic carbocycles. The van der Waals surface area contributed by atoms with Crippen molar-refractivity contribution < 1.29 is 0 Å². The third-order valence-corrected chi connectivity index (χ3v) is 5.33. The van der Waals surface area contributed by atoms with Crippen molar-refractivity contribution in [2.24, 2.45) is 0 Å². The number of rotatable bonds is 3. The van der Waals surface area contributed by atoms with E-state index in [0.29, 0.717) is 11.9 Å². The maximum absolute atomic E-state index is 5.94. The zero-order valence-corrected chi connectivity index (χ0v) is 13.8. The molecule has 1 aliphatic rings. The first-order valence-electron chi connectivity index (χ1n) is 6.59. The van der Waals surface area contributed by atoms with E-state index in [-0.39, 0.29) is 0 Å². The van der Waals surface area contributed by atoms with E-state index in [1.807, 2.05) is 0 Å². The number of hydrogen-bond acceptors (Lipinski definition) is 2. The van der Waals surface area contributed by atoms with Crippen LogP contribution in [0.3, 0.4) is 0 Å². The molecular formula is C14H16BrClN2S. The molecule has 0 amide bonds. The first kappa shape index (κ1) is 13.8. The molecule has 1 aromatic heterocycles. The topological polar surface area (TPSA) is 17.8 Å². The SMILES string of the molecule is ClCCc1nc2cc(Br)ccc2n1C1CCSCC1. The van der Waals surface area contributed by atoms with Crippen LogP contribution in [0.4, 0.5) is 0 Å². The highest BCUT2D eigenvalue weighted by Gasteiger charge is 2.21. The average Bonchev–Trinajstić information content (AvgIpc) is 2.77. The molecule has 19 heavy (non-hydrogen) atoms. The van der Waals surface area contributed by atoms with Gasteiger partial charge in [0, 0.05) is 22.8 Å². The van der Waals surface area contributed by atoms with Gasteiger partial charge in [-0.05, 0) is 42.5 Å². The predicted molar refractivity (Wildman–Crippen MR) is 87.5 cm³/mol. The number of aromatic nitrogens is 2. The van der Waals surface area contributed by atoms with Gasteiger partial charge in [0.2, 0.25) is 0 Å². The summed E-state index contributed by atoms with van der Waals surface area (Å²) in [4.78, 5) is 4.78. The minimum absolute atomic E-state index is 0.589. The number of hydrogen-bond donors (Lipinski definition) is 0. The van der Waals surface area contributed by atoms with Crippen LogP contribution < -0.4 is 0 Å². The summed E-state index contributed by atoms with van der Waals surface area (Å²) in [6.07, 6.45) is 3.32. The Labute approximate surface area is 131 Å². The number of alkyl halides is 1. The van der Waals surface area contributed by atoms with Crippen LogP contribution in [-0.2, 0) is 6.42 Å². The van der Waals surface area contributed by atoms with E-state index in [1.165, 1.54) is 29.9 Å². The normalized spacial score (nSPS) is 17.2. The van der Waals surface area contributed by atoms with Gasteiger partial charge in [0.15, 0.2) is 0 Å². The Bertz CT molecular complexity index is 578. The summed E-state index contributed by atoms with van der Waals surface area (Å²) in [5.41, 5.74) is 2.33. The molecule has 0 radical (unpaired) electrons. The van der Waals surface area contributed by atoms with Crippen LogP contribution in [0, 0.1) is 0 Å². The highest BCUT2D eigenvalue weighted by molar-refractivity contribution is 9.10. The van der Waals surface area contributed by atoms with E-state index in [9.17, 15) is 0 Å². The molecule has 2 nitrogen and oxygen atoms in total. The van der Waals surface area contributed by atoms with Gasteiger partial charge >= 0.3 is 0 Å². The summed E-state index contributed by atoms with van der Waals surface area (Å²) in [5, 5.41) is 0. The van der Waals surface area contributed by atoms with Crippen molar-refractivity contribution in [3.8, 4) is 0 Å². The second-order valence-corrected chi connectivity index (χ2v) is 7.33. The van der Waals surface area contributed by atoms with Gasteiger partial charge in [0.25, 0.3) is 0 Å². The predicted octanol–water partition coefficient (Wildman–Crippen LogP) is 4.65. The van der Waals surface area contributed by atoms with E-state index in [4.69, 9.17) is 16.6 Å². The zero-order valence-electron chi connectivity index (χ0n) is 10.6. The molecule has 0 atom stereocenters. The van der Waals surface area contributed by atoms with E-state index >= 15 is 0 Å².